The highest BCUT2D eigenvalue weighted by atomic mass is 16.6. The normalized spacial score (nSPS) is 13.7. The number of amides is 2. The minimum Gasteiger partial charge on any atom is -0.449 e. The van der Waals surface area contributed by atoms with Crippen molar-refractivity contribution in [2.75, 3.05) is 0 Å². The Morgan fingerprint density at radius 2 is 1.11 bits per heavy atom. The molecule has 0 aromatic carbocycles. The van der Waals surface area contributed by atoms with E-state index in [1.54, 1.807) is 0 Å². The monoisotopic (exact) mass is 258 g/mol. The highest BCUT2D eigenvalue weighted by molar-refractivity contribution is 5.94. The Balaban J connectivity index is 4.22. The van der Waals surface area contributed by atoms with Crippen molar-refractivity contribution in [2.45, 2.75) is 26.1 Å². The molecule has 18 heavy (non-hydrogen) atoms. The summed E-state index contributed by atoms with van der Waals surface area (Å²) in [5, 5.41) is 0. The predicted octanol–water partition coefficient (Wildman–Crippen LogP) is -1.62. The maximum absolute atomic E-state index is 11.1. The Hall–Kier alpha value is -2.38. The van der Waals surface area contributed by atoms with Gasteiger partial charge < -0.3 is 20.9 Å². The number of nitrogens with two attached hydrogens (primary N) is 2. The molecule has 0 aromatic rings. The van der Waals surface area contributed by atoms with Gasteiger partial charge in [0.2, 0.25) is 0 Å². The van der Waals surface area contributed by atoms with Gasteiger partial charge in [0.25, 0.3) is 11.8 Å². The van der Waals surface area contributed by atoms with Crippen molar-refractivity contribution < 1.29 is 28.7 Å². The van der Waals surface area contributed by atoms with Gasteiger partial charge in [0, 0.05) is 12.2 Å². The van der Waals surface area contributed by atoms with Gasteiger partial charge in [-0.1, -0.05) is 0 Å². The number of primary amides is 2. The first kappa shape index (κ1) is 15.6. The standard InChI is InChI=1S/C10H14N2O6/c1-5(9(11)15)17-7(13)3-4-8(14)18-6(2)10(12)16/h3-6H,1-2H3,(H2,11,15)(H2,12,16)/b4-3+/t5-,6-/m0/s1. The lowest BCUT2D eigenvalue weighted by Crippen LogP contribution is -2.30. The van der Waals surface area contributed by atoms with Gasteiger partial charge >= 0.3 is 11.9 Å². The Kier molecular flexibility index (Phi) is 6.11. The van der Waals surface area contributed by atoms with E-state index in [4.69, 9.17) is 11.5 Å². The van der Waals surface area contributed by atoms with Crippen molar-refractivity contribution >= 4 is 23.8 Å². The molecule has 2 atom stereocenters. The molecule has 0 unspecified atom stereocenters. The molecule has 0 aromatic heterocycles. The van der Waals surface area contributed by atoms with E-state index in [0.29, 0.717) is 0 Å². The molecule has 0 radical (unpaired) electrons. The van der Waals surface area contributed by atoms with Crippen LogP contribution >= 0.6 is 0 Å². The molecule has 2 amide bonds. The summed E-state index contributed by atoms with van der Waals surface area (Å²) in [5.74, 6) is -3.52. The van der Waals surface area contributed by atoms with E-state index >= 15 is 0 Å². The van der Waals surface area contributed by atoms with Gasteiger partial charge in [0.1, 0.15) is 0 Å². The molecular weight excluding hydrogens is 244 g/mol. The highest BCUT2D eigenvalue weighted by Crippen LogP contribution is 1.94. The molecule has 0 saturated heterocycles. The van der Waals surface area contributed by atoms with Gasteiger partial charge in [-0.2, -0.15) is 0 Å². The van der Waals surface area contributed by atoms with E-state index in [9.17, 15) is 19.2 Å². The zero-order valence-corrected chi connectivity index (χ0v) is 9.91. The Labute approximate surface area is 103 Å². The van der Waals surface area contributed by atoms with Crippen LogP contribution in [0, 0.1) is 0 Å². The summed E-state index contributed by atoms with van der Waals surface area (Å²) in [7, 11) is 0. The maximum atomic E-state index is 11.1. The SMILES string of the molecule is C[C@H](OC(=O)/C=C/C(=O)O[C@@H](C)C(N)=O)C(N)=O. The summed E-state index contributed by atoms with van der Waals surface area (Å²) in [5.41, 5.74) is 9.71. The summed E-state index contributed by atoms with van der Waals surface area (Å²) in [4.78, 5) is 43.3. The fraction of sp³-hybridized carbons (Fsp3) is 0.400. The third-order valence-electron chi connectivity index (χ3n) is 1.74. The van der Waals surface area contributed by atoms with Gasteiger partial charge in [0.15, 0.2) is 12.2 Å². The third kappa shape index (κ3) is 6.26. The summed E-state index contributed by atoms with van der Waals surface area (Å²) in [6, 6.07) is 0. The van der Waals surface area contributed by atoms with Crippen molar-refractivity contribution in [1.29, 1.82) is 0 Å². The first-order valence-electron chi connectivity index (χ1n) is 4.92. The summed E-state index contributed by atoms with van der Waals surface area (Å²) in [6.07, 6.45) is -0.726. The maximum Gasteiger partial charge on any atom is 0.331 e. The highest BCUT2D eigenvalue weighted by Gasteiger charge is 2.14. The Morgan fingerprint density at radius 1 is 0.833 bits per heavy atom. The van der Waals surface area contributed by atoms with Crippen LogP contribution in [0.15, 0.2) is 12.2 Å². The fourth-order valence-corrected chi connectivity index (χ4v) is 0.679. The van der Waals surface area contributed by atoms with Crippen molar-refractivity contribution in [3.63, 3.8) is 0 Å². The lowest BCUT2D eigenvalue weighted by Gasteiger charge is -2.07. The zero-order chi connectivity index (χ0) is 14.3. The molecule has 0 bridgehead atoms. The van der Waals surface area contributed by atoms with E-state index in [0.717, 1.165) is 12.2 Å². The fourth-order valence-electron chi connectivity index (χ4n) is 0.679. The van der Waals surface area contributed by atoms with Crippen LogP contribution in [-0.2, 0) is 28.7 Å². The summed E-state index contributed by atoms with van der Waals surface area (Å²) < 4.78 is 9.03. The molecule has 0 saturated carbocycles. The van der Waals surface area contributed by atoms with E-state index < -0.39 is 36.0 Å². The first-order chi connectivity index (χ1) is 8.23. The summed E-state index contributed by atoms with van der Waals surface area (Å²) >= 11 is 0. The number of carbonyl (C=O) groups excluding carboxylic acids is 4. The van der Waals surface area contributed by atoms with Crippen LogP contribution in [0.2, 0.25) is 0 Å². The molecule has 100 valence electrons. The Bertz CT molecular complexity index is 354. The lowest BCUT2D eigenvalue weighted by atomic mass is 10.4. The largest absolute Gasteiger partial charge is 0.449 e. The number of esters is 2. The van der Waals surface area contributed by atoms with E-state index in [1.807, 2.05) is 0 Å². The molecule has 0 heterocycles. The van der Waals surface area contributed by atoms with E-state index in [-0.39, 0.29) is 0 Å². The van der Waals surface area contributed by atoms with Crippen LogP contribution in [0.4, 0.5) is 0 Å². The second kappa shape index (κ2) is 7.05. The van der Waals surface area contributed by atoms with E-state index in [1.165, 1.54) is 13.8 Å². The molecule has 0 aliphatic heterocycles. The zero-order valence-electron chi connectivity index (χ0n) is 9.91. The molecular formula is C10H14N2O6. The molecule has 0 fully saturated rings. The minimum absolute atomic E-state index is 0.746. The molecule has 0 aliphatic rings. The van der Waals surface area contributed by atoms with Crippen LogP contribution in [0.5, 0.6) is 0 Å². The van der Waals surface area contributed by atoms with Crippen molar-refractivity contribution in [1.82, 2.24) is 0 Å². The van der Waals surface area contributed by atoms with E-state index in [2.05, 4.69) is 9.47 Å². The second-order valence-corrected chi connectivity index (χ2v) is 3.30. The smallest absolute Gasteiger partial charge is 0.331 e. The third-order valence-corrected chi connectivity index (χ3v) is 1.74. The number of ether oxygens (including phenoxy) is 2. The molecule has 8 heteroatoms. The van der Waals surface area contributed by atoms with Gasteiger partial charge in [0.05, 0.1) is 0 Å². The van der Waals surface area contributed by atoms with Crippen molar-refractivity contribution in [2.24, 2.45) is 11.5 Å². The molecule has 8 nitrogen and oxygen atoms in total. The summed E-state index contributed by atoms with van der Waals surface area (Å²) in [6.45, 7) is 2.56. The molecule has 0 aliphatic carbocycles. The van der Waals surface area contributed by atoms with Crippen molar-refractivity contribution in [3.05, 3.63) is 12.2 Å². The van der Waals surface area contributed by atoms with Crippen LogP contribution < -0.4 is 11.5 Å². The minimum atomic E-state index is -1.11. The second-order valence-electron chi connectivity index (χ2n) is 3.30. The van der Waals surface area contributed by atoms with Gasteiger partial charge in [-0.15, -0.1) is 0 Å². The van der Waals surface area contributed by atoms with Gasteiger partial charge in [-0.25, -0.2) is 9.59 Å². The topological polar surface area (TPSA) is 139 Å². The first-order valence-corrected chi connectivity index (χ1v) is 4.92. The average molecular weight is 258 g/mol. The quantitative estimate of drug-likeness (QED) is 0.433. The van der Waals surface area contributed by atoms with Gasteiger partial charge in [-0.05, 0) is 13.8 Å². The molecule has 0 spiro atoms. The number of rotatable bonds is 6. The number of hydrogen-bond acceptors (Lipinski definition) is 6. The van der Waals surface area contributed by atoms with Crippen LogP contribution in [0.3, 0.4) is 0 Å². The van der Waals surface area contributed by atoms with Gasteiger partial charge in [-0.3, -0.25) is 9.59 Å². The molecule has 0 rings (SSSR count). The number of carbonyl (C=O) groups is 4. The van der Waals surface area contributed by atoms with Crippen LogP contribution in [-0.4, -0.2) is 36.0 Å². The van der Waals surface area contributed by atoms with Crippen molar-refractivity contribution in [3.8, 4) is 0 Å². The number of hydrogen-bond donors (Lipinski definition) is 2. The predicted molar refractivity (Wildman–Crippen MR) is 58.6 cm³/mol. The average Bonchev–Trinajstić information content (AvgIpc) is 2.25. The Morgan fingerprint density at radius 3 is 1.33 bits per heavy atom. The van der Waals surface area contributed by atoms with Crippen LogP contribution in [0.25, 0.3) is 0 Å². The lowest BCUT2D eigenvalue weighted by molar-refractivity contribution is -0.150. The molecule has 4 N–H and O–H groups in total. The van der Waals surface area contributed by atoms with Crippen LogP contribution in [0.1, 0.15) is 13.8 Å².